The van der Waals surface area contributed by atoms with Gasteiger partial charge in [-0.15, -0.1) is 0 Å². The van der Waals surface area contributed by atoms with E-state index in [-0.39, 0.29) is 17.6 Å². The van der Waals surface area contributed by atoms with Crippen LogP contribution in [0.25, 0.3) is 0 Å². The van der Waals surface area contributed by atoms with Crippen molar-refractivity contribution in [3.05, 3.63) is 123 Å². The van der Waals surface area contributed by atoms with E-state index in [2.05, 4.69) is 33.4 Å². The number of para-hydroxylation sites is 2. The summed E-state index contributed by atoms with van der Waals surface area (Å²) in [7, 11) is 4.55. The number of ketones is 1. The Hall–Kier alpha value is -4.56. The molecule has 0 fully saturated rings. The highest BCUT2D eigenvalue weighted by Gasteiger charge is 2.42. The fourth-order valence-electron chi connectivity index (χ4n) is 6.11. The van der Waals surface area contributed by atoms with Crippen LogP contribution in [0.3, 0.4) is 0 Å². The summed E-state index contributed by atoms with van der Waals surface area (Å²) in [4.78, 5) is 30.8. The first-order valence-electron chi connectivity index (χ1n) is 14.0. The molecule has 4 aromatic rings. The highest BCUT2D eigenvalue weighted by molar-refractivity contribution is 9.10. The summed E-state index contributed by atoms with van der Waals surface area (Å²) in [5, 5.41) is 3.59. The number of nitrogens with one attached hydrogen (secondary N) is 1. The highest BCUT2D eigenvalue weighted by Crippen LogP contribution is 2.49. The number of Topliss-reactive ketones (excluding diaryl/α,β-unsaturated/α-hetero) is 1. The summed E-state index contributed by atoms with van der Waals surface area (Å²) in [6, 6.07) is 28.2. The van der Waals surface area contributed by atoms with Crippen LogP contribution < -0.4 is 24.4 Å². The maximum absolute atomic E-state index is 14.8. The van der Waals surface area contributed by atoms with Crippen molar-refractivity contribution in [1.82, 2.24) is 0 Å². The van der Waals surface area contributed by atoms with Gasteiger partial charge in [-0.05, 0) is 59.9 Å². The van der Waals surface area contributed by atoms with E-state index in [0.717, 1.165) is 27.0 Å². The molecule has 218 valence electrons. The van der Waals surface area contributed by atoms with E-state index in [0.29, 0.717) is 46.9 Å². The molecule has 0 spiro atoms. The summed E-state index contributed by atoms with van der Waals surface area (Å²) in [6.45, 7) is 0. The summed E-state index contributed by atoms with van der Waals surface area (Å²) in [5.74, 6) is 0.831. The lowest BCUT2D eigenvalue weighted by Gasteiger charge is -2.35. The minimum absolute atomic E-state index is 0.00285. The number of hydrogen-bond acceptors (Lipinski definition) is 6. The summed E-state index contributed by atoms with van der Waals surface area (Å²) >= 11 is 3.61. The third-order valence-corrected chi connectivity index (χ3v) is 8.55. The maximum Gasteiger partial charge on any atom is 0.259 e. The van der Waals surface area contributed by atoms with Gasteiger partial charge >= 0.3 is 0 Å². The maximum atomic E-state index is 14.8. The van der Waals surface area contributed by atoms with Gasteiger partial charge in [0, 0.05) is 27.7 Å². The monoisotopic (exact) mass is 638 g/mol. The number of hydrogen-bond donors (Lipinski definition) is 1. The van der Waals surface area contributed by atoms with Crippen LogP contribution in [0.4, 0.5) is 11.4 Å². The number of carbonyl (C=O) groups is 2. The number of methoxy groups -OCH3 is 3. The molecule has 8 heteroatoms. The molecule has 0 bridgehead atoms. The Labute approximate surface area is 259 Å². The van der Waals surface area contributed by atoms with Crippen molar-refractivity contribution < 1.29 is 23.8 Å². The number of nitrogens with zero attached hydrogens (tertiary/aromatic N) is 1. The molecule has 2 unspecified atom stereocenters. The van der Waals surface area contributed by atoms with Crippen molar-refractivity contribution in [1.29, 1.82) is 0 Å². The van der Waals surface area contributed by atoms with Gasteiger partial charge in [0.25, 0.3) is 5.91 Å². The van der Waals surface area contributed by atoms with Crippen molar-refractivity contribution >= 4 is 39.0 Å². The zero-order valence-electron chi connectivity index (χ0n) is 24.1. The SMILES string of the molecule is COc1cc(C(=O)N2c3ccccc3NC3=C(C(=O)CC(c4ccccc4)C3)C2c2cccc(Br)c2)cc(OC)c1OC. The zero-order chi connectivity index (χ0) is 30.1. The number of fused-ring (bicyclic) bond motifs is 1. The minimum Gasteiger partial charge on any atom is -0.493 e. The lowest BCUT2D eigenvalue weighted by atomic mass is 9.78. The second-order valence-corrected chi connectivity index (χ2v) is 11.4. The molecule has 2 aliphatic rings. The molecule has 1 aliphatic heterocycles. The van der Waals surface area contributed by atoms with Gasteiger partial charge in [0.1, 0.15) is 0 Å². The van der Waals surface area contributed by atoms with Crippen LogP contribution in [-0.2, 0) is 4.79 Å². The zero-order valence-corrected chi connectivity index (χ0v) is 25.7. The Morgan fingerprint density at radius 3 is 2.16 bits per heavy atom. The Kier molecular flexibility index (Phi) is 7.95. The number of rotatable bonds is 6. The van der Waals surface area contributed by atoms with Gasteiger partial charge in [-0.3, -0.25) is 14.5 Å². The number of ether oxygens (including phenoxy) is 3. The number of halogens is 1. The number of allylic oxidation sites excluding steroid dienone is 1. The molecule has 7 nitrogen and oxygen atoms in total. The van der Waals surface area contributed by atoms with Gasteiger partial charge < -0.3 is 19.5 Å². The quantitative estimate of drug-likeness (QED) is 0.233. The van der Waals surface area contributed by atoms with Crippen LogP contribution in [0.1, 0.15) is 46.3 Å². The average Bonchev–Trinajstić information content (AvgIpc) is 3.18. The number of carbonyl (C=O) groups excluding carboxylic acids is 2. The van der Waals surface area contributed by atoms with E-state index in [9.17, 15) is 9.59 Å². The average molecular weight is 640 g/mol. The minimum atomic E-state index is -0.695. The van der Waals surface area contributed by atoms with E-state index < -0.39 is 6.04 Å². The molecule has 1 heterocycles. The number of anilines is 2. The molecule has 6 rings (SSSR count). The van der Waals surface area contributed by atoms with Gasteiger partial charge in [0.05, 0.1) is 38.7 Å². The predicted molar refractivity (Wildman–Crippen MR) is 170 cm³/mol. The summed E-state index contributed by atoms with van der Waals surface area (Å²) < 4.78 is 17.5. The van der Waals surface area contributed by atoms with Crippen molar-refractivity contribution in [2.24, 2.45) is 0 Å². The first kappa shape index (κ1) is 28.6. The van der Waals surface area contributed by atoms with E-state index in [1.54, 1.807) is 17.0 Å². The second-order valence-electron chi connectivity index (χ2n) is 10.5. The molecule has 43 heavy (non-hydrogen) atoms. The Morgan fingerprint density at radius 1 is 0.814 bits per heavy atom. The van der Waals surface area contributed by atoms with Crippen LogP contribution in [0.2, 0.25) is 0 Å². The van der Waals surface area contributed by atoms with Gasteiger partial charge in [0.2, 0.25) is 5.75 Å². The summed E-state index contributed by atoms with van der Waals surface area (Å²) in [5.41, 5.74) is 5.07. The molecule has 1 aliphatic carbocycles. The van der Waals surface area contributed by atoms with E-state index >= 15 is 0 Å². The molecular formula is C35H31BrN2O5. The van der Waals surface area contributed by atoms with E-state index in [4.69, 9.17) is 14.2 Å². The molecule has 0 saturated heterocycles. The van der Waals surface area contributed by atoms with Crippen molar-refractivity contribution in [3.63, 3.8) is 0 Å². The molecule has 0 saturated carbocycles. The normalized spacial score (nSPS) is 17.8. The first-order chi connectivity index (χ1) is 20.9. The molecular weight excluding hydrogens is 608 g/mol. The van der Waals surface area contributed by atoms with Gasteiger partial charge in [-0.2, -0.15) is 0 Å². The van der Waals surface area contributed by atoms with Crippen LogP contribution >= 0.6 is 15.9 Å². The molecule has 4 aromatic carbocycles. The van der Waals surface area contributed by atoms with Crippen molar-refractivity contribution in [2.75, 3.05) is 31.5 Å². The Bertz CT molecular complexity index is 1710. The van der Waals surface area contributed by atoms with Crippen molar-refractivity contribution in [2.45, 2.75) is 24.8 Å². The Balaban J connectivity index is 1.58. The van der Waals surface area contributed by atoms with Crippen LogP contribution in [0.15, 0.2) is 107 Å². The fourth-order valence-corrected chi connectivity index (χ4v) is 6.53. The van der Waals surface area contributed by atoms with Crippen LogP contribution in [0.5, 0.6) is 17.2 Å². The third kappa shape index (κ3) is 5.27. The molecule has 0 aromatic heterocycles. The molecule has 0 radical (unpaired) electrons. The lowest BCUT2D eigenvalue weighted by molar-refractivity contribution is -0.116. The largest absolute Gasteiger partial charge is 0.493 e. The van der Waals surface area contributed by atoms with E-state index in [1.807, 2.05) is 66.7 Å². The molecule has 1 amide bonds. The molecule has 1 N–H and O–H groups in total. The lowest BCUT2D eigenvalue weighted by Crippen LogP contribution is -2.38. The fraction of sp³-hybridized carbons (Fsp3) is 0.200. The first-order valence-corrected chi connectivity index (χ1v) is 14.8. The van der Waals surface area contributed by atoms with Crippen molar-refractivity contribution in [3.8, 4) is 17.2 Å². The summed E-state index contributed by atoms with van der Waals surface area (Å²) in [6.07, 6.45) is 0.980. The third-order valence-electron chi connectivity index (χ3n) is 8.05. The standard InChI is InChI=1S/C35H31BrN2O5/c1-41-30-19-24(20-31(42-2)34(30)43-3)35(40)38-28-15-8-7-14-26(28)37-27-17-23(21-10-5-4-6-11-21)18-29(39)32(27)33(38)22-12-9-13-25(36)16-22/h4-16,19-20,23,33,37H,17-18H2,1-3H3. The number of benzene rings is 4. The molecule has 2 atom stereocenters. The number of amides is 1. The van der Waals surface area contributed by atoms with E-state index in [1.165, 1.54) is 21.3 Å². The highest BCUT2D eigenvalue weighted by atomic mass is 79.9. The van der Waals surface area contributed by atoms with Gasteiger partial charge in [-0.1, -0.05) is 70.5 Å². The van der Waals surface area contributed by atoms with Gasteiger partial charge in [-0.25, -0.2) is 0 Å². The van der Waals surface area contributed by atoms with Crippen LogP contribution in [-0.4, -0.2) is 33.0 Å². The second kappa shape index (κ2) is 12.0. The smallest absolute Gasteiger partial charge is 0.259 e. The topological polar surface area (TPSA) is 77.1 Å². The van der Waals surface area contributed by atoms with Gasteiger partial charge in [0.15, 0.2) is 17.3 Å². The van der Waals surface area contributed by atoms with Crippen LogP contribution in [0, 0.1) is 0 Å². The predicted octanol–water partition coefficient (Wildman–Crippen LogP) is 7.69. The Morgan fingerprint density at radius 2 is 1.49 bits per heavy atom.